The van der Waals surface area contributed by atoms with Crippen molar-refractivity contribution >= 4 is 18.0 Å². The van der Waals surface area contributed by atoms with Crippen LogP contribution >= 0.6 is 0 Å². The Hall–Kier alpha value is -2.75. The van der Waals surface area contributed by atoms with Crippen LogP contribution in [0, 0.1) is 5.92 Å². The van der Waals surface area contributed by atoms with Gasteiger partial charge in [0.1, 0.15) is 18.0 Å². The molecule has 0 spiro atoms. The van der Waals surface area contributed by atoms with Crippen molar-refractivity contribution in [3.05, 3.63) is 65.7 Å². The number of esters is 1. The van der Waals surface area contributed by atoms with Crippen LogP contribution in [0.4, 0.5) is 0 Å². The zero-order valence-corrected chi connectivity index (χ0v) is 12.5. The molecule has 116 valence electrons. The Morgan fingerprint density at radius 3 is 2.43 bits per heavy atom. The molecule has 2 aromatic rings. The van der Waals surface area contributed by atoms with E-state index in [1.54, 1.807) is 24.3 Å². The summed E-state index contributed by atoms with van der Waals surface area (Å²) in [5.74, 6) is -1.76. The van der Waals surface area contributed by atoms with E-state index < -0.39 is 11.9 Å². The predicted molar refractivity (Wildman–Crippen MR) is 84.4 cm³/mol. The minimum Gasteiger partial charge on any atom is -0.425 e. The number of hydrogen-bond acceptors (Lipinski definition) is 4. The number of para-hydroxylation sites is 1. The predicted octanol–water partition coefficient (Wildman–Crippen LogP) is 3.17. The summed E-state index contributed by atoms with van der Waals surface area (Å²) in [6.07, 6.45) is 1.53. The Morgan fingerprint density at radius 1 is 1.00 bits per heavy atom. The third-order valence-electron chi connectivity index (χ3n) is 4.13. The fourth-order valence-electron chi connectivity index (χ4n) is 3.03. The van der Waals surface area contributed by atoms with Crippen molar-refractivity contribution in [2.75, 3.05) is 0 Å². The van der Waals surface area contributed by atoms with E-state index in [-0.39, 0.29) is 18.1 Å². The van der Waals surface area contributed by atoms with Gasteiger partial charge in [-0.1, -0.05) is 42.5 Å². The van der Waals surface area contributed by atoms with Crippen molar-refractivity contribution in [3.63, 3.8) is 0 Å². The molecule has 23 heavy (non-hydrogen) atoms. The molecule has 1 aliphatic heterocycles. The molecule has 0 aliphatic carbocycles. The number of ketones is 1. The minimum atomic E-state index is -0.910. The van der Waals surface area contributed by atoms with Crippen molar-refractivity contribution in [2.24, 2.45) is 5.92 Å². The van der Waals surface area contributed by atoms with Gasteiger partial charge in [-0.05, 0) is 24.1 Å². The van der Waals surface area contributed by atoms with Gasteiger partial charge in [-0.3, -0.25) is 9.59 Å². The number of rotatable bonds is 5. The zero-order valence-electron chi connectivity index (χ0n) is 12.5. The maximum atomic E-state index is 12.8. The normalized spacial score (nSPS) is 18.0. The number of ether oxygens (including phenoxy) is 1. The van der Waals surface area contributed by atoms with Crippen molar-refractivity contribution in [2.45, 2.75) is 18.8 Å². The van der Waals surface area contributed by atoms with Crippen LogP contribution in [0.15, 0.2) is 54.6 Å². The topological polar surface area (TPSA) is 60.4 Å². The molecule has 4 nitrogen and oxygen atoms in total. The Bertz CT molecular complexity index is 736. The van der Waals surface area contributed by atoms with Gasteiger partial charge in [0.05, 0.1) is 5.56 Å². The largest absolute Gasteiger partial charge is 0.425 e. The zero-order chi connectivity index (χ0) is 16.2. The SMILES string of the molecule is O=CCCC(c1ccccc1)C1C(=O)Oc2ccccc2C1=O. The first-order chi connectivity index (χ1) is 11.2. The lowest BCUT2D eigenvalue weighted by molar-refractivity contribution is -0.138. The molecule has 0 amide bonds. The fraction of sp³-hybridized carbons (Fsp3) is 0.211. The number of carbonyl (C=O) groups is 3. The molecule has 2 aromatic carbocycles. The second kappa shape index (κ2) is 6.57. The van der Waals surface area contributed by atoms with Crippen LogP contribution in [0.3, 0.4) is 0 Å². The van der Waals surface area contributed by atoms with Crippen molar-refractivity contribution in [1.29, 1.82) is 0 Å². The van der Waals surface area contributed by atoms with Crippen LogP contribution in [0.25, 0.3) is 0 Å². The Balaban J connectivity index is 2.00. The number of fused-ring (bicyclic) bond motifs is 1. The summed E-state index contributed by atoms with van der Waals surface area (Å²) >= 11 is 0. The van der Waals surface area contributed by atoms with Gasteiger partial charge in [0, 0.05) is 12.3 Å². The molecule has 0 saturated heterocycles. The van der Waals surface area contributed by atoms with Crippen molar-refractivity contribution < 1.29 is 19.1 Å². The Kier molecular flexibility index (Phi) is 4.33. The Morgan fingerprint density at radius 2 is 1.70 bits per heavy atom. The van der Waals surface area contributed by atoms with E-state index in [1.807, 2.05) is 30.3 Å². The first-order valence-corrected chi connectivity index (χ1v) is 7.56. The number of benzene rings is 2. The smallest absolute Gasteiger partial charge is 0.322 e. The summed E-state index contributed by atoms with van der Waals surface area (Å²) in [5, 5.41) is 0. The van der Waals surface area contributed by atoms with Gasteiger partial charge in [-0.25, -0.2) is 0 Å². The van der Waals surface area contributed by atoms with Crippen LogP contribution in [0.1, 0.15) is 34.7 Å². The van der Waals surface area contributed by atoms with Gasteiger partial charge >= 0.3 is 5.97 Å². The van der Waals surface area contributed by atoms with E-state index in [0.717, 1.165) is 11.8 Å². The van der Waals surface area contributed by atoms with E-state index >= 15 is 0 Å². The number of carbonyl (C=O) groups excluding carboxylic acids is 3. The summed E-state index contributed by atoms with van der Waals surface area (Å²) in [4.78, 5) is 36.0. The second-order valence-electron chi connectivity index (χ2n) is 5.52. The van der Waals surface area contributed by atoms with E-state index in [1.165, 1.54) is 0 Å². The van der Waals surface area contributed by atoms with Gasteiger partial charge < -0.3 is 9.53 Å². The fourth-order valence-corrected chi connectivity index (χ4v) is 3.03. The molecule has 0 aromatic heterocycles. The van der Waals surface area contributed by atoms with E-state index in [0.29, 0.717) is 17.7 Å². The molecule has 0 bridgehead atoms. The van der Waals surface area contributed by atoms with E-state index in [2.05, 4.69) is 0 Å². The monoisotopic (exact) mass is 308 g/mol. The van der Waals surface area contributed by atoms with Gasteiger partial charge in [-0.2, -0.15) is 0 Å². The van der Waals surface area contributed by atoms with Crippen LogP contribution in [-0.2, 0) is 9.59 Å². The molecule has 0 fully saturated rings. The van der Waals surface area contributed by atoms with Gasteiger partial charge in [-0.15, -0.1) is 0 Å². The molecule has 0 radical (unpaired) electrons. The minimum absolute atomic E-state index is 0.239. The highest BCUT2D eigenvalue weighted by Gasteiger charge is 2.41. The first kappa shape index (κ1) is 15.2. The molecule has 0 saturated carbocycles. The highest BCUT2D eigenvalue weighted by molar-refractivity contribution is 6.14. The summed E-state index contributed by atoms with van der Waals surface area (Å²) in [7, 11) is 0. The van der Waals surface area contributed by atoms with Crippen molar-refractivity contribution in [1.82, 2.24) is 0 Å². The third kappa shape index (κ3) is 2.93. The molecule has 1 aliphatic rings. The maximum absolute atomic E-state index is 12.8. The molecule has 2 atom stereocenters. The number of Topliss-reactive ketones (excluding diaryl/α,β-unsaturated/α-hetero) is 1. The molecule has 4 heteroatoms. The second-order valence-corrected chi connectivity index (χ2v) is 5.52. The summed E-state index contributed by atoms with van der Waals surface area (Å²) in [5.41, 5.74) is 1.29. The van der Waals surface area contributed by atoms with Crippen LogP contribution in [0.2, 0.25) is 0 Å². The Labute approximate surface area is 134 Å². The lowest BCUT2D eigenvalue weighted by Crippen LogP contribution is -2.37. The molecule has 0 N–H and O–H groups in total. The number of hydrogen-bond donors (Lipinski definition) is 0. The van der Waals surface area contributed by atoms with Gasteiger partial charge in [0.25, 0.3) is 0 Å². The quantitative estimate of drug-likeness (QED) is 0.368. The summed E-state index contributed by atoms with van der Waals surface area (Å²) < 4.78 is 5.35. The molecular weight excluding hydrogens is 292 g/mol. The van der Waals surface area contributed by atoms with Gasteiger partial charge in [0.15, 0.2) is 5.78 Å². The van der Waals surface area contributed by atoms with Gasteiger partial charge in [0.2, 0.25) is 0 Å². The summed E-state index contributed by atoms with van der Waals surface area (Å²) in [6.45, 7) is 0. The standard InChI is InChI=1S/C19H16O4/c20-12-6-10-14(13-7-2-1-3-8-13)17-18(21)15-9-4-5-11-16(15)23-19(17)22/h1-5,7-9,11-12,14,17H,6,10H2. The van der Waals surface area contributed by atoms with Crippen LogP contribution in [0.5, 0.6) is 5.75 Å². The molecule has 1 heterocycles. The molecule has 3 rings (SSSR count). The van der Waals surface area contributed by atoms with Crippen LogP contribution < -0.4 is 4.74 Å². The molecule has 2 unspecified atom stereocenters. The lowest BCUT2D eigenvalue weighted by Gasteiger charge is -2.28. The average Bonchev–Trinajstić information content (AvgIpc) is 2.58. The highest BCUT2D eigenvalue weighted by Crippen LogP contribution is 2.37. The summed E-state index contributed by atoms with van der Waals surface area (Å²) in [6, 6.07) is 16.1. The third-order valence-corrected chi connectivity index (χ3v) is 4.13. The van der Waals surface area contributed by atoms with E-state index in [9.17, 15) is 14.4 Å². The van der Waals surface area contributed by atoms with E-state index in [4.69, 9.17) is 4.74 Å². The maximum Gasteiger partial charge on any atom is 0.322 e. The average molecular weight is 308 g/mol. The lowest BCUT2D eigenvalue weighted by atomic mass is 9.77. The highest BCUT2D eigenvalue weighted by atomic mass is 16.5. The number of aldehydes is 1. The van der Waals surface area contributed by atoms with Crippen molar-refractivity contribution in [3.8, 4) is 5.75 Å². The van der Waals surface area contributed by atoms with Crippen LogP contribution in [-0.4, -0.2) is 18.0 Å². The first-order valence-electron chi connectivity index (χ1n) is 7.56. The molecular formula is C19H16O4.